The summed E-state index contributed by atoms with van der Waals surface area (Å²) in [6, 6.07) is 13.2. The first-order valence-electron chi connectivity index (χ1n) is 9.16. The molecular weight excluding hydrogens is 414 g/mol. The van der Waals surface area contributed by atoms with Crippen molar-refractivity contribution in [1.82, 2.24) is 0 Å². The van der Waals surface area contributed by atoms with Crippen molar-refractivity contribution < 1.29 is 37.0 Å². The lowest BCUT2D eigenvalue weighted by Crippen LogP contribution is -2.77. The number of methoxy groups -OCH3 is 2. The molecule has 4 rings (SSSR count). The fourth-order valence-electron chi connectivity index (χ4n) is 4.34. The molecule has 0 spiro atoms. The van der Waals surface area contributed by atoms with E-state index >= 15 is 0 Å². The number of ether oxygens (including phenoxy) is 4. The number of anilines is 1. The van der Waals surface area contributed by atoms with Gasteiger partial charge in [-0.3, -0.25) is 9.45 Å². The third-order valence-corrected chi connectivity index (χ3v) is 6.46. The molecule has 0 bridgehead atoms. The van der Waals surface area contributed by atoms with E-state index < -0.39 is 32.8 Å². The van der Waals surface area contributed by atoms with E-state index in [1.165, 1.54) is 19.1 Å². The zero-order valence-electron chi connectivity index (χ0n) is 16.9. The van der Waals surface area contributed by atoms with Crippen molar-refractivity contribution in [3.63, 3.8) is 0 Å². The molecule has 2 aliphatic heterocycles. The molecule has 0 radical (unpaired) electrons. The third-order valence-electron chi connectivity index (χ3n) is 5.64. The van der Waals surface area contributed by atoms with E-state index in [0.717, 1.165) is 0 Å². The van der Waals surface area contributed by atoms with Crippen LogP contribution in [0.4, 0.5) is 5.69 Å². The number of para-hydroxylation sites is 3. The van der Waals surface area contributed by atoms with Crippen LogP contribution in [0.15, 0.2) is 48.5 Å². The molecule has 162 valence electrons. The summed E-state index contributed by atoms with van der Waals surface area (Å²) in [7, 11) is -2.23. The molecule has 2 aromatic rings. The monoisotopic (exact) mass is 437 g/mol. The quantitative estimate of drug-likeness (QED) is 0.548. The number of nitrogens with zero attached hydrogens (tertiary/aromatic N) is 1. The van der Waals surface area contributed by atoms with Gasteiger partial charge in [-0.05, 0) is 32.0 Å². The SMILES string of the molecule is COC1(N2c3ccccc3OC2S(=O)(=O)O)c2ccccc2OC(C)(C)C1(O)OC. The number of hydrogen-bond acceptors (Lipinski definition) is 8. The minimum absolute atomic E-state index is 0.191. The second kappa shape index (κ2) is 6.56. The molecule has 0 saturated carbocycles. The van der Waals surface area contributed by atoms with Gasteiger partial charge in [-0.15, -0.1) is 0 Å². The van der Waals surface area contributed by atoms with Crippen molar-refractivity contribution in [2.45, 2.75) is 36.5 Å². The summed E-state index contributed by atoms with van der Waals surface area (Å²) in [4.78, 5) is 1.17. The third kappa shape index (κ3) is 2.51. The summed E-state index contributed by atoms with van der Waals surface area (Å²) < 4.78 is 57.9. The first kappa shape index (κ1) is 20.9. The van der Waals surface area contributed by atoms with Crippen LogP contribution in [-0.4, -0.2) is 49.2 Å². The minimum atomic E-state index is -4.80. The number of hydrogen-bond donors (Lipinski definition) is 2. The van der Waals surface area contributed by atoms with Crippen LogP contribution >= 0.6 is 0 Å². The molecule has 2 heterocycles. The Morgan fingerprint density at radius 2 is 1.60 bits per heavy atom. The van der Waals surface area contributed by atoms with Crippen LogP contribution in [0.5, 0.6) is 11.5 Å². The molecule has 2 aliphatic rings. The van der Waals surface area contributed by atoms with Crippen LogP contribution in [0, 0.1) is 0 Å². The number of aliphatic hydroxyl groups is 1. The van der Waals surface area contributed by atoms with E-state index in [4.69, 9.17) is 18.9 Å². The maximum absolute atomic E-state index is 12.4. The Morgan fingerprint density at radius 1 is 1.00 bits per heavy atom. The van der Waals surface area contributed by atoms with Crippen molar-refractivity contribution in [3.05, 3.63) is 54.1 Å². The number of benzene rings is 2. The summed E-state index contributed by atoms with van der Waals surface area (Å²) in [6.07, 6.45) is 0. The molecule has 0 saturated heterocycles. The Morgan fingerprint density at radius 3 is 2.20 bits per heavy atom. The lowest BCUT2D eigenvalue weighted by Gasteiger charge is -2.58. The van der Waals surface area contributed by atoms with Gasteiger partial charge in [0.05, 0.1) is 11.3 Å². The van der Waals surface area contributed by atoms with Gasteiger partial charge in [-0.2, -0.15) is 8.42 Å². The van der Waals surface area contributed by atoms with Crippen LogP contribution in [0.3, 0.4) is 0 Å². The molecule has 9 nitrogen and oxygen atoms in total. The topological polar surface area (TPSA) is 115 Å². The van der Waals surface area contributed by atoms with E-state index in [9.17, 15) is 18.1 Å². The smallest absolute Gasteiger partial charge is 0.324 e. The number of rotatable bonds is 4. The molecule has 3 unspecified atom stereocenters. The Kier molecular flexibility index (Phi) is 4.57. The van der Waals surface area contributed by atoms with Gasteiger partial charge in [-0.1, -0.05) is 30.3 Å². The highest BCUT2D eigenvalue weighted by Crippen LogP contribution is 2.58. The van der Waals surface area contributed by atoms with Crippen LogP contribution in [0.25, 0.3) is 0 Å². The van der Waals surface area contributed by atoms with Crippen LogP contribution in [-0.2, 0) is 25.3 Å². The number of fused-ring (bicyclic) bond motifs is 2. The second-order valence-electron chi connectivity index (χ2n) is 7.58. The van der Waals surface area contributed by atoms with Gasteiger partial charge in [0.2, 0.25) is 5.72 Å². The molecule has 2 N–H and O–H groups in total. The fraction of sp³-hybridized carbons (Fsp3) is 0.400. The second-order valence-corrected chi connectivity index (χ2v) is 9.02. The Balaban J connectivity index is 2.13. The molecule has 0 fully saturated rings. The van der Waals surface area contributed by atoms with Gasteiger partial charge in [0.15, 0.2) is 5.60 Å². The first-order chi connectivity index (χ1) is 14.0. The molecule has 30 heavy (non-hydrogen) atoms. The van der Waals surface area contributed by atoms with E-state index in [1.807, 2.05) is 0 Å². The average Bonchev–Trinajstić information content (AvgIpc) is 3.09. The molecular formula is C20H23NO8S. The van der Waals surface area contributed by atoms with Crippen molar-refractivity contribution in [2.24, 2.45) is 0 Å². The lowest BCUT2D eigenvalue weighted by molar-refractivity contribution is -0.368. The highest BCUT2D eigenvalue weighted by molar-refractivity contribution is 7.86. The average molecular weight is 437 g/mol. The lowest BCUT2D eigenvalue weighted by atomic mass is 9.78. The fourth-order valence-corrected chi connectivity index (χ4v) is 5.09. The van der Waals surface area contributed by atoms with Gasteiger partial charge in [0.1, 0.15) is 11.5 Å². The highest BCUT2D eigenvalue weighted by Gasteiger charge is 2.72. The normalized spacial score (nSPS) is 29.5. The predicted octanol–water partition coefficient (Wildman–Crippen LogP) is 2.06. The van der Waals surface area contributed by atoms with Crippen molar-refractivity contribution >= 4 is 15.8 Å². The van der Waals surface area contributed by atoms with Gasteiger partial charge in [0, 0.05) is 14.2 Å². The molecule has 0 aromatic heterocycles. The summed E-state index contributed by atoms with van der Waals surface area (Å²) in [5, 5.41) is 11.9. The molecule has 0 amide bonds. The highest BCUT2D eigenvalue weighted by atomic mass is 32.2. The van der Waals surface area contributed by atoms with E-state index in [1.54, 1.807) is 62.4 Å². The van der Waals surface area contributed by atoms with Crippen LogP contribution in [0.2, 0.25) is 0 Å². The maximum Gasteiger partial charge on any atom is 0.324 e. The molecule has 2 aromatic carbocycles. The van der Waals surface area contributed by atoms with Crippen LogP contribution in [0.1, 0.15) is 19.4 Å². The Labute approximate surface area is 174 Å². The van der Waals surface area contributed by atoms with Crippen molar-refractivity contribution in [3.8, 4) is 11.5 Å². The van der Waals surface area contributed by atoms with Crippen LogP contribution < -0.4 is 14.4 Å². The summed E-state index contributed by atoms with van der Waals surface area (Å²) in [5.41, 5.74) is -4.71. The van der Waals surface area contributed by atoms with Gasteiger partial charge in [-0.25, -0.2) is 0 Å². The minimum Gasteiger partial charge on any atom is -0.482 e. The summed E-state index contributed by atoms with van der Waals surface area (Å²) >= 11 is 0. The van der Waals surface area contributed by atoms with E-state index in [-0.39, 0.29) is 11.4 Å². The zero-order chi connectivity index (χ0) is 21.9. The van der Waals surface area contributed by atoms with E-state index in [2.05, 4.69) is 0 Å². The van der Waals surface area contributed by atoms with Crippen molar-refractivity contribution in [1.29, 1.82) is 0 Å². The molecule has 0 aliphatic carbocycles. The molecule has 3 atom stereocenters. The van der Waals surface area contributed by atoms with Gasteiger partial charge >= 0.3 is 15.7 Å². The maximum atomic E-state index is 12.4. The Hall–Kier alpha value is -2.37. The Bertz CT molecular complexity index is 1090. The van der Waals surface area contributed by atoms with Crippen molar-refractivity contribution in [2.75, 3.05) is 19.1 Å². The summed E-state index contributed by atoms with van der Waals surface area (Å²) in [5.74, 6) is -1.70. The molecule has 10 heteroatoms. The predicted molar refractivity (Wildman–Crippen MR) is 107 cm³/mol. The van der Waals surface area contributed by atoms with Gasteiger partial charge < -0.3 is 24.1 Å². The van der Waals surface area contributed by atoms with Gasteiger partial charge in [0.25, 0.3) is 5.79 Å². The van der Waals surface area contributed by atoms with E-state index in [0.29, 0.717) is 11.3 Å². The zero-order valence-corrected chi connectivity index (χ0v) is 17.7. The largest absolute Gasteiger partial charge is 0.482 e. The standard InChI is InChI=1S/C20H23NO8S/c1-18(2)20(22,27-4)19(26-3,13-9-5-7-11-15(13)29-18)21-14-10-6-8-12-16(14)28-17(21)30(23,24)25/h5-12,17,22H,1-4H3,(H,23,24,25). The summed E-state index contributed by atoms with van der Waals surface area (Å²) in [6.45, 7) is 3.18. The first-order valence-corrected chi connectivity index (χ1v) is 10.7.